The summed E-state index contributed by atoms with van der Waals surface area (Å²) in [5, 5.41) is 11.3. The minimum Gasteiger partial charge on any atom is -0.508 e. The molecule has 1 fully saturated rings. The summed E-state index contributed by atoms with van der Waals surface area (Å²) in [6.07, 6.45) is 1.75. The monoisotopic (exact) mass is 347 g/mol. The highest BCUT2D eigenvalue weighted by molar-refractivity contribution is 8.19. The molecule has 0 unspecified atom stereocenters. The number of phenolic OH excluding ortho intramolecular Hbond substituents is 1. The van der Waals surface area contributed by atoms with Crippen molar-refractivity contribution in [2.75, 3.05) is 4.90 Å². The van der Waals surface area contributed by atoms with Crippen molar-refractivity contribution in [3.63, 3.8) is 0 Å². The van der Waals surface area contributed by atoms with Gasteiger partial charge in [-0.25, -0.2) is 4.90 Å². The van der Waals surface area contributed by atoms with Gasteiger partial charge in [0, 0.05) is 6.07 Å². The Morgan fingerprint density at radius 2 is 1.68 bits per heavy atom. The Morgan fingerprint density at radius 1 is 0.920 bits per heavy atom. The highest BCUT2D eigenvalue weighted by atomic mass is 32.2. The maximum absolute atomic E-state index is 12.7. The summed E-state index contributed by atoms with van der Waals surface area (Å²) in [5.74, 6) is -0.372. The molecule has 0 bridgehead atoms. The SMILES string of the molecule is O=C1S/C(=C\c2cccc3ccccc23)C(=O)N1c1cccc(O)c1. The van der Waals surface area contributed by atoms with E-state index in [1.807, 2.05) is 42.5 Å². The third-order valence-electron chi connectivity index (χ3n) is 3.99. The molecule has 1 aliphatic rings. The van der Waals surface area contributed by atoms with Gasteiger partial charge in [-0.05, 0) is 46.3 Å². The average Bonchev–Trinajstić information content (AvgIpc) is 2.89. The van der Waals surface area contributed by atoms with Crippen molar-refractivity contribution in [1.82, 2.24) is 0 Å². The summed E-state index contributed by atoms with van der Waals surface area (Å²) in [7, 11) is 0. The van der Waals surface area contributed by atoms with Gasteiger partial charge in [-0.3, -0.25) is 9.59 Å². The zero-order chi connectivity index (χ0) is 17.4. The molecule has 0 spiro atoms. The van der Waals surface area contributed by atoms with Crippen LogP contribution in [0.2, 0.25) is 0 Å². The minimum atomic E-state index is -0.381. The quantitative estimate of drug-likeness (QED) is 0.677. The number of rotatable bonds is 2. The Labute approximate surface area is 148 Å². The van der Waals surface area contributed by atoms with Gasteiger partial charge in [0.25, 0.3) is 11.1 Å². The molecule has 4 rings (SSSR count). The van der Waals surface area contributed by atoms with Crippen molar-refractivity contribution < 1.29 is 14.7 Å². The van der Waals surface area contributed by atoms with Crippen LogP contribution in [0, 0.1) is 0 Å². The number of amides is 2. The van der Waals surface area contributed by atoms with Gasteiger partial charge in [-0.15, -0.1) is 0 Å². The second-order valence-electron chi connectivity index (χ2n) is 5.61. The average molecular weight is 347 g/mol. The third kappa shape index (κ3) is 2.79. The van der Waals surface area contributed by atoms with Gasteiger partial charge in [-0.1, -0.05) is 48.5 Å². The van der Waals surface area contributed by atoms with E-state index in [9.17, 15) is 14.7 Å². The summed E-state index contributed by atoms with van der Waals surface area (Å²) < 4.78 is 0. The third-order valence-corrected chi connectivity index (χ3v) is 4.86. The van der Waals surface area contributed by atoms with Crippen molar-refractivity contribution in [3.05, 3.63) is 77.2 Å². The predicted octanol–water partition coefficient (Wildman–Crippen LogP) is 4.79. The van der Waals surface area contributed by atoms with Crippen molar-refractivity contribution in [3.8, 4) is 5.75 Å². The number of carbonyl (C=O) groups excluding carboxylic acids is 2. The number of carbonyl (C=O) groups is 2. The lowest BCUT2D eigenvalue weighted by Gasteiger charge is -2.12. The van der Waals surface area contributed by atoms with Crippen LogP contribution in [0.3, 0.4) is 0 Å². The summed E-state index contributed by atoms with van der Waals surface area (Å²) in [6, 6.07) is 19.9. The van der Waals surface area contributed by atoms with E-state index < -0.39 is 0 Å². The molecule has 0 radical (unpaired) electrons. The molecular formula is C20H13NO3S. The van der Waals surface area contributed by atoms with Gasteiger partial charge in [0.2, 0.25) is 0 Å². The molecule has 2 amide bonds. The van der Waals surface area contributed by atoms with Crippen LogP contribution in [-0.4, -0.2) is 16.3 Å². The molecule has 1 heterocycles. The molecule has 122 valence electrons. The zero-order valence-electron chi connectivity index (χ0n) is 13.0. The molecule has 0 saturated carbocycles. The number of fused-ring (bicyclic) bond motifs is 1. The maximum atomic E-state index is 12.7. The molecule has 25 heavy (non-hydrogen) atoms. The van der Waals surface area contributed by atoms with Gasteiger partial charge in [-0.2, -0.15) is 0 Å². The molecule has 1 saturated heterocycles. The van der Waals surface area contributed by atoms with Crippen molar-refractivity contribution in [1.29, 1.82) is 0 Å². The molecule has 5 heteroatoms. The highest BCUT2D eigenvalue weighted by Gasteiger charge is 2.36. The van der Waals surface area contributed by atoms with Crippen LogP contribution < -0.4 is 4.90 Å². The first-order valence-electron chi connectivity index (χ1n) is 7.68. The fourth-order valence-corrected chi connectivity index (χ4v) is 3.67. The van der Waals surface area contributed by atoms with Gasteiger partial charge in [0.15, 0.2) is 0 Å². The largest absolute Gasteiger partial charge is 0.508 e. The molecule has 3 aromatic carbocycles. The molecule has 3 aromatic rings. The van der Waals surface area contributed by atoms with E-state index in [2.05, 4.69) is 0 Å². The maximum Gasteiger partial charge on any atom is 0.298 e. The van der Waals surface area contributed by atoms with Crippen LogP contribution in [0.5, 0.6) is 5.75 Å². The zero-order valence-corrected chi connectivity index (χ0v) is 13.9. The highest BCUT2D eigenvalue weighted by Crippen LogP contribution is 2.37. The van der Waals surface area contributed by atoms with E-state index >= 15 is 0 Å². The molecule has 1 N–H and O–H groups in total. The van der Waals surface area contributed by atoms with Crippen molar-refractivity contribution in [2.24, 2.45) is 0 Å². The first-order valence-corrected chi connectivity index (χ1v) is 8.50. The topological polar surface area (TPSA) is 57.6 Å². The number of benzene rings is 3. The summed E-state index contributed by atoms with van der Waals surface area (Å²) >= 11 is 0.903. The van der Waals surface area contributed by atoms with E-state index in [0.717, 1.165) is 33.0 Å². The Kier molecular flexibility index (Phi) is 3.78. The summed E-state index contributed by atoms with van der Waals surface area (Å²) in [4.78, 5) is 26.5. The number of aromatic hydroxyl groups is 1. The van der Waals surface area contributed by atoms with E-state index in [-0.39, 0.29) is 16.9 Å². The number of hydrogen-bond acceptors (Lipinski definition) is 4. The van der Waals surface area contributed by atoms with Gasteiger partial charge >= 0.3 is 0 Å². The molecular weight excluding hydrogens is 334 g/mol. The number of phenols is 1. The summed E-state index contributed by atoms with van der Waals surface area (Å²) in [5.41, 5.74) is 1.25. The van der Waals surface area contributed by atoms with Crippen LogP contribution in [0.15, 0.2) is 71.6 Å². The van der Waals surface area contributed by atoms with Crippen LogP contribution >= 0.6 is 11.8 Å². The fourth-order valence-electron chi connectivity index (χ4n) is 2.84. The summed E-state index contributed by atoms with van der Waals surface area (Å²) in [6.45, 7) is 0. The lowest BCUT2D eigenvalue weighted by atomic mass is 10.0. The Bertz CT molecular complexity index is 1040. The number of anilines is 1. The van der Waals surface area contributed by atoms with Crippen LogP contribution in [0.25, 0.3) is 16.8 Å². The number of imide groups is 1. The second-order valence-corrected chi connectivity index (χ2v) is 6.60. The van der Waals surface area contributed by atoms with E-state index in [4.69, 9.17) is 0 Å². The normalized spacial score (nSPS) is 16.2. The van der Waals surface area contributed by atoms with E-state index in [0.29, 0.717) is 10.6 Å². The lowest BCUT2D eigenvalue weighted by Crippen LogP contribution is -2.27. The van der Waals surface area contributed by atoms with Gasteiger partial charge < -0.3 is 5.11 Å². The molecule has 4 nitrogen and oxygen atoms in total. The van der Waals surface area contributed by atoms with Crippen molar-refractivity contribution >= 4 is 45.4 Å². The fraction of sp³-hybridized carbons (Fsp3) is 0. The number of thioether (sulfide) groups is 1. The van der Waals surface area contributed by atoms with Crippen LogP contribution in [-0.2, 0) is 4.79 Å². The Balaban J connectivity index is 1.75. The van der Waals surface area contributed by atoms with Gasteiger partial charge in [0.1, 0.15) is 5.75 Å². The molecule has 1 aliphatic heterocycles. The van der Waals surface area contributed by atoms with Gasteiger partial charge in [0.05, 0.1) is 10.6 Å². The number of nitrogens with zero attached hydrogens (tertiary/aromatic N) is 1. The second kappa shape index (κ2) is 6.11. The Morgan fingerprint density at radius 3 is 2.52 bits per heavy atom. The first-order chi connectivity index (χ1) is 12.1. The van der Waals surface area contributed by atoms with E-state index in [1.165, 1.54) is 12.1 Å². The molecule has 0 aromatic heterocycles. The first kappa shape index (κ1) is 15.5. The smallest absolute Gasteiger partial charge is 0.298 e. The van der Waals surface area contributed by atoms with Crippen molar-refractivity contribution in [2.45, 2.75) is 0 Å². The van der Waals surface area contributed by atoms with Crippen LogP contribution in [0.1, 0.15) is 5.56 Å². The van der Waals surface area contributed by atoms with E-state index in [1.54, 1.807) is 18.2 Å². The molecule has 0 atom stereocenters. The lowest BCUT2D eigenvalue weighted by molar-refractivity contribution is -0.113. The molecule has 0 aliphatic carbocycles. The minimum absolute atomic E-state index is 0.00887. The Hall–Kier alpha value is -3.05. The number of hydrogen-bond donors (Lipinski definition) is 1. The van der Waals surface area contributed by atoms with Crippen LogP contribution in [0.4, 0.5) is 10.5 Å². The standard InChI is InChI=1S/C20H13NO3S/c22-16-9-4-8-15(12-16)21-19(23)18(25-20(21)24)11-14-7-3-6-13-5-1-2-10-17(13)14/h1-12,22H/b18-11-. The predicted molar refractivity (Wildman–Crippen MR) is 101 cm³/mol.